The SMILES string of the molecule is CCC(C)N1CC2(CCCC2)NCC1CC(C)C. The lowest BCUT2D eigenvalue weighted by Crippen LogP contribution is -2.65. The van der Waals surface area contributed by atoms with Gasteiger partial charge in [0, 0.05) is 30.7 Å². The molecule has 2 atom stereocenters. The van der Waals surface area contributed by atoms with E-state index in [0.29, 0.717) is 5.54 Å². The first-order valence-corrected chi connectivity index (χ1v) is 8.07. The summed E-state index contributed by atoms with van der Waals surface area (Å²) in [5.41, 5.74) is 0.469. The van der Waals surface area contributed by atoms with Crippen molar-refractivity contribution in [3.63, 3.8) is 0 Å². The van der Waals surface area contributed by atoms with Crippen LogP contribution in [-0.4, -0.2) is 35.6 Å². The highest BCUT2D eigenvalue weighted by atomic mass is 15.3. The summed E-state index contributed by atoms with van der Waals surface area (Å²) < 4.78 is 0. The third kappa shape index (κ3) is 3.08. The fourth-order valence-corrected chi connectivity index (χ4v) is 3.89. The van der Waals surface area contributed by atoms with Crippen molar-refractivity contribution >= 4 is 0 Å². The van der Waals surface area contributed by atoms with Crippen LogP contribution in [0.2, 0.25) is 0 Å². The van der Waals surface area contributed by atoms with Gasteiger partial charge in [0.05, 0.1) is 0 Å². The Balaban J connectivity index is 2.04. The molecular weight excluding hydrogens is 220 g/mol. The fraction of sp³-hybridized carbons (Fsp3) is 1.00. The maximum Gasteiger partial charge on any atom is 0.0309 e. The van der Waals surface area contributed by atoms with E-state index in [1.807, 2.05) is 0 Å². The van der Waals surface area contributed by atoms with Crippen LogP contribution in [0.5, 0.6) is 0 Å². The van der Waals surface area contributed by atoms with Gasteiger partial charge in [-0.05, 0) is 38.5 Å². The molecule has 0 bridgehead atoms. The Morgan fingerprint density at radius 3 is 2.44 bits per heavy atom. The van der Waals surface area contributed by atoms with Gasteiger partial charge in [0.1, 0.15) is 0 Å². The second-order valence-corrected chi connectivity index (χ2v) is 7.08. The summed E-state index contributed by atoms with van der Waals surface area (Å²) in [4.78, 5) is 2.82. The molecule has 0 aromatic carbocycles. The lowest BCUT2D eigenvalue weighted by molar-refractivity contribution is 0.0377. The van der Waals surface area contributed by atoms with Gasteiger partial charge in [-0.15, -0.1) is 0 Å². The molecule has 1 heterocycles. The molecule has 0 amide bonds. The van der Waals surface area contributed by atoms with Gasteiger partial charge in [0.2, 0.25) is 0 Å². The molecule has 1 N–H and O–H groups in total. The van der Waals surface area contributed by atoms with E-state index < -0.39 is 0 Å². The molecule has 0 aromatic rings. The smallest absolute Gasteiger partial charge is 0.0309 e. The third-order valence-electron chi connectivity index (χ3n) is 5.13. The van der Waals surface area contributed by atoms with E-state index in [1.54, 1.807) is 0 Å². The summed E-state index contributed by atoms with van der Waals surface area (Å²) in [6.07, 6.45) is 8.27. The maximum absolute atomic E-state index is 3.92. The van der Waals surface area contributed by atoms with Gasteiger partial charge in [-0.25, -0.2) is 0 Å². The van der Waals surface area contributed by atoms with Crippen molar-refractivity contribution in [2.45, 2.75) is 83.8 Å². The molecule has 2 heteroatoms. The molecule has 0 radical (unpaired) electrons. The standard InChI is InChI=1S/C16H32N2/c1-5-14(4)18-12-16(8-6-7-9-16)17-11-15(18)10-13(2)3/h13-15,17H,5-12H2,1-4H3. The van der Waals surface area contributed by atoms with Crippen LogP contribution in [0.3, 0.4) is 0 Å². The highest BCUT2D eigenvalue weighted by Crippen LogP contribution is 2.35. The number of nitrogens with zero attached hydrogens (tertiary/aromatic N) is 1. The van der Waals surface area contributed by atoms with E-state index in [0.717, 1.165) is 18.0 Å². The molecule has 1 saturated heterocycles. The van der Waals surface area contributed by atoms with E-state index in [4.69, 9.17) is 0 Å². The van der Waals surface area contributed by atoms with Gasteiger partial charge in [-0.2, -0.15) is 0 Å². The van der Waals surface area contributed by atoms with Crippen molar-refractivity contribution in [1.29, 1.82) is 0 Å². The summed E-state index contributed by atoms with van der Waals surface area (Å²) in [7, 11) is 0. The molecule has 1 saturated carbocycles. The lowest BCUT2D eigenvalue weighted by Gasteiger charge is -2.49. The monoisotopic (exact) mass is 252 g/mol. The zero-order valence-electron chi connectivity index (χ0n) is 12.8. The number of nitrogens with one attached hydrogen (secondary N) is 1. The second kappa shape index (κ2) is 5.92. The first-order valence-electron chi connectivity index (χ1n) is 8.07. The lowest BCUT2D eigenvalue weighted by atomic mass is 9.88. The summed E-state index contributed by atoms with van der Waals surface area (Å²) >= 11 is 0. The highest BCUT2D eigenvalue weighted by Gasteiger charge is 2.42. The number of piperazine rings is 1. The molecule has 1 aliphatic heterocycles. The summed E-state index contributed by atoms with van der Waals surface area (Å²) in [6.45, 7) is 12.0. The van der Waals surface area contributed by atoms with Crippen LogP contribution in [0.25, 0.3) is 0 Å². The van der Waals surface area contributed by atoms with Crippen LogP contribution in [0.4, 0.5) is 0 Å². The summed E-state index contributed by atoms with van der Waals surface area (Å²) in [6, 6.07) is 1.50. The van der Waals surface area contributed by atoms with Crippen molar-refractivity contribution in [1.82, 2.24) is 10.2 Å². The van der Waals surface area contributed by atoms with Crippen LogP contribution < -0.4 is 5.32 Å². The van der Waals surface area contributed by atoms with Crippen molar-refractivity contribution in [2.24, 2.45) is 5.92 Å². The van der Waals surface area contributed by atoms with Gasteiger partial charge in [-0.3, -0.25) is 4.90 Å². The van der Waals surface area contributed by atoms with E-state index in [-0.39, 0.29) is 0 Å². The van der Waals surface area contributed by atoms with Crippen molar-refractivity contribution in [3.05, 3.63) is 0 Å². The second-order valence-electron chi connectivity index (χ2n) is 7.08. The largest absolute Gasteiger partial charge is 0.308 e. The molecular formula is C16H32N2. The predicted octanol–water partition coefficient (Wildman–Crippen LogP) is 3.42. The topological polar surface area (TPSA) is 15.3 Å². The number of hydrogen-bond donors (Lipinski definition) is 1. The van der Waals surface area contributed by atoms with Gasteiger partial charge in [-0.1, -0.05) is 33.6 Å². The Labute approximate surface area is 114 Å². The highest BCUT2D eigenvalue weighted by molar-refractivity contribution is 5.02. The molecule has 106 valence electrons. The third-order valence-corrected chi connectivity index (χ3v) is 5.13. The molecule has 2 unspecified atom stereocenters. The van der Waals surface area contributed by atoms with Crippen LogP contribution in [0, 0.1) is 5.92 Å². The minimum Gasteiger partial charge on any atom is -0.308 e. The van der Waals surface area contributed by atoms with E-state index in [1.165, 1.54) is 51.6 Å². The molecule has 0 aromatic heterocycles. The molecule has 2 aliphatic rings. The first-order chi connectivity index (χ1) is 8.56. The van der Waals surface area contributed by atoms with Gasteiger partial charge < -0.3 is 5.32 Å². The zero-order chi connectivity index (χ0) is 13.2. The maximum atomic E-state index is 3.92. The number of hydrogen-bond acceptors (Lipinski definition) is 2. The zero-order valence-corrected chi connectivity index (χ0v) is 12.8. The van der Waals surface area contributed by atoms with Gasteiger partial charge in [0.15, 0.2) is 0 Å². The predicted molar refractivity (Wildman–Crippen MR) is 78.9 cm³/mol. The summed E-state index contributed by atoms with van der Waals surface area (Å²) in [5, 5.41) is 3.92. The average molecular weight is 252 g/mol. The van der Waals surface area contributed by atoms with E-state index in [2.05, 4.69) is 37.9 Å². The molecule has 18 heavy (non-hydrogen) atoms. The van der Waals surface area contributed by atoms with E-state index >= 15 is 0 Å². The Bertz CT molecular complexity index is 256. The van der Waals surface area contributed by atoms with Crippen LogP contribution in [0.1, 0.15) is 66.2 Å². The molecule has 1 aliphatic carbocycles. The first kappa shape index (κ1) is 14.3. The molecule has 2 rings (SSSR count). The van der Waals surface area contributed by atoms with Crippen molar-refractivity contribution < 1.29 is 0 Å². The molecule has 1 spiro atoms. The fourth-order valence-electron chi connectivity index (χ4n) is 3.89. The Kier molecular flexibility index (Phi) is 4.71. The van der Waals surface area contributed by atoms with Crippen LogP contribution >= 0.6 is 0 Å². The minimum atomic E-state index is 0.469. The average Bonchev–Trinajstić information content (AvgIpc) is 2.79. The van der Waals surface area contributed by atoms with E-state index in [9.17, 15) is 0 Å². The van der Waals surface area contributed by atoms with Crippen LogP contribution in [-0.2, 0) is 0 Å². The molecule has 2 nitrogen and oxygen atoms in total. The Morgan fingerprint density at radius 2 is 1.89 bits per heavy atom. The number of rotatable bonds is 4. The molecule has 2 fully saturated rings. The summed E-state index contributed by atoms with van der Waals surface area (Å²) in [5.74, 6) is 0.806. The van der Waals surface area contributed by atoms with Crippen molar-refractivity contribution in [3.8, 4) is 0 Å². The normalized spacial score (nSPS) is 30.2. The Morgan fingerprint density at radius 1 is 1.22 bits per heavy atom. The Hall–Kier alpha value is -0.0800. The van der Waals surface area contributed by atoms with Crippen molar-refractivity contribution in [2.75, 3.05) is 13.1 Å². The quantitative estimate of drug-likeness (QED) is 0.825. The van der Waals surface area contributed by atoms with Gasteiger partial charge >= 0.3 is 0 Å². The minimum absolute atomic E-state index is 0.469. The van der Waals surface area contributed by atoms with Gasteiger partial charge in [0.25, 0.3) is 0 Å². The van der Waals surface area contributed by atoms with Crippen LogP contribution in [0.15, 0.2) is 0 Å².